The van der Waals surface area contributed by atoms with E-state index >= 15 is 0 Å². The van der Waals surface area contributed by atoms with Gasteiger partial charge in [0.15, 0.2) is 6.23 Å². The smallest absolute Gasteiger partial charge is 0.407 e. The predicted octanol–water partition coefficient (Wildman–Crippen LogP) is 5.01. The maximum absolute atomic E-state index is 11.6. The van der Waals surface area contributed by atoms with Crippen LogP contribution < -0.4 is 10.2 Å². The zero-order chi connectivity index (χ0) is 23.4. The fraction of sp³-hybridized carbons (Fsp3) is 0.667. The first kappa shape index (κ1) is 24.3. The van der Waals surface area contributed by atoms with Gasteiger partial charge in [0.25, 0.3) is 0 Å². The molecular weight excluding hydrogens is 488 g/mol. The van der Waals surface area contributed by atoms with Gasteiger partial charge in [0.2, 0.25) is 0 Å². The van der Waals surface area contributed by atoms with Gasteiger partial charge in [0.05, 0.1) is 17.8 Å². The van der Waals surface area contributed by atoms with E-state index in [1.807, 2.05) is 31.6 Å². The summed E-state index contributed by atoms with van der Waals surface area (Å²) < 4.78 is 20.3. The lowest BCUT2D eigenvalue weighted by Crippen LogP contribution is -2.52. The van der Waals surface area contributed by atoms with Gasteiger partial charge in [0, 0.05) is 48.4 Å². The SMILES string of the molecule is CC(C)(C)OC(=O)NCCCCOC1CN(c2cc(Br)cc3c2cnn3C2CCCCO2)C1. The molecule has 182 valence electrons. The summed E-state index contributed by atoms with van der Waals surface area (Å²) in [6, 6.07) is 4.29. The molecule has 4 rings (SSSR count). The summed E-state index contributed by atoms with van der Waals surface area (Å²) >= 11 is 3.68. The van der Waals surface area contributed by atoms with Crippen molar-refractivity contribution in [3.63, 3.8) is 0 Å². The van der Waals surface area contributed by atoms with Crippen LogP contribution in [0.5, 0.6) is 0 Å². The van der Waals surface area contributed by atoms with Crippen LogP contribution in [0.15, 0.2) is 22.8 Å². The van der Waals surface area contributed by atoms with Crippen LogP contribution in [0.1, 0.15) is 59.1 Å². The van der Waals surface area contributed by atoms with E-state index in [4.69, 9.17) is 14.2 Å². The molecule has 0 spiro atoms. The van der Waals surface area contributed by atoms with E-state index in [9.17, 15) is 4.79 Å². The number of carbonyl (C=O) groups excluding carboxylic acids is 1. The summed E-state index contributed by atoms with van der Waals surface area (Å²) in [7, 11) is 0. The molecule has 2 fully saturated rings. The van der Waals surface area contributed by atoms with Gasteiger partial charge in [-0.3, -0.25) is 0 Å². The average molecular weight is 523 g/mol. The van der Waals surface area contributed by atoms with Crippen molar-refractivity contribution in [3.8, 4) is 0 Å². The van der Waals surface area contributed by atoms with Crippen LogP contribution in [0.2, 0.25) is 0 Å². The Morgan fingerprint density at radius 3 is 2.82 bits per heavy atom. The Bertz CT molecular complexity index is 946. The molecule has 0 radical (unpaired) electrons. The van der Waals surface area contributed by atoms with Gasteiger partial charge in [0.1, 0.15) is 5.60 Å². The van der Waals surface area contributed by atoms with Crippen molar-refractivity contribution in [2.75, 3.05) is 37.7 Å². The van der Waals surface area contributed by atoms with Crippen molar-refractivity contribution in [1.29, 1.82) is 0 Å². The number of aromatic nitrogens is 2. The van der Waals surface area contributed by atoms with Crippen molar-refractivity contribution in [3.05, 3.63) is 22.8 Å². The number of unbranched alkanes of at least 4 members (excludes halogenated alkanes) is 1. The summed E-state index contributed by atoms with van der Waals surface area (Å²) in [6.07, 6.45) is 6.93. The summed E-state index contributed by atoms with van der Waals surface area (Å²) in [5.41, 5.74) is 1.82. The van der Waals surface area contributed by atoms with Crippen LogP contribution in [0.3, 0.4) is 0 Å². The minimum atomic E-state index is -0.467. The van der Waals surface area contributed by atoms with E-state index in [-0.39, 0.29) is 18.4 Å². The number of alkyl carbamates (subject to hydrolysis) is 1. The Kier molecular flexibility index (Phi) is 7.81. The zero-order valence-electron chi connectivity index (χ0n) is 19.8. The summed E-state index contributed by atoms with van der Waals surface area (Å²) in [5.74, 6) is 0. The molecule has 1 unspecified atom stereocenters. The van der Waals surface area contributed by atoms with Crippen LogP contribution in [0, 0.1) is 0 Å². The second-order valence-corrected chi connectivity index (χ2v) is 10.7. The van der Waals surface area contributed by atoms with E-state index < -0.39 is 5.60 Å². The number of nitrogens with one attached hydrogen (secondary N) is 1. The minimum Gasteiger partial charge on any atom is -0.444 e. The molecule has 1 aromatic carbocycles. The second-order valence-electron chi connectivity index (χ2n) is 9.80. The number of amides is 1. The number of nitrogens with zero attached hydrogens (tertiary/aromatic N) is 3. The Morgan fingerprint density at radius 1 is 1.27 bits per heavy atom. The predicted molar refractivity (Wildman–Crippen MR) is 132 cm³/mol. The van der Waals surface area contributed by atoms with E-state index in [2.05, 4.69) is 43.4 Å². The molecule has 1 aromatic heterocycles. The highest BCUT2D eigenvalue weighted by Crippen LogP contribution is 2.36. The lowest BCUT2D eigenvalue weighted by molar-refractivity contribution is -0.0366. The fourth-order valence-electron chi connectivity index (χ4n) is 4.22. The number of hydrogen-bond acceptors (Lipinski definition) is 6. The fourth-order valence-corrected chi connectivity index (χ4v) is 4.66. The van der Waals surface area contributed by atoms with Gasteiger partial charge in [-0.1, -0.05) is 15.9 Å². The number of ether oxygens (including phenoxy) is 3. The molecule has 0 bridgehead atoms. The molecule has 1 N–H and O–H groups in total. The van der Waals surface area contributed by atoms with Crippen molar-refractivity contribution in [1.82, 2.24) is 15.1 Å². The van der Waals surface area contributed by atoms with E-state index in [1.54, 1.807) is 0 Å². The van der Waals surface area contributed by atoms with Crippen LogP contribution >= 0.6 is 15.9 Å². The van der Waals surface area contributed by atoms with E-state index in [1.165, 1.54) is 12.1 Å². The van der Waals surface area contributed by atoms with Gasteiger partial charge < -0.3 is 24.4 Å². The summed E-state index contributed by atoms with van der Waals surface area (Å²) in [5, 5.41) is 8.60. The number of hydrogen-bond donors (Lipinski definition) is 1. The molecule has 2 aliphatic rings. The molecule has 2 aromatic rings. The minimum absolute atomic E-state index is 0.0238. The summed E-state index contributed by atoms with van der Waals surface area (Å²) in [4.78, 5) is 14.0. The molecule has 3 heterocycles. The third kappa shape index (κ3) is 6.39. The Balaban J connectivity index is 1.22. The molecule has 0 saturated carbocycles. The second kappa shape index (κ2) is 10.6. The van der Waals surface area contributed by atoms with Crippen LogP contribution in [0.4, 0.5) is 10.5 Å². The van der Waals surface area contributed by atoms with Crippen molar-refractivity contribution in [2.45, 2.75) is 70.8 Å². The molecule has 2 saturated heterocycles. The first-order chi connectivity index (χ1) is 15.8. The van der Waals surface area contributed by atoms with Crippen LogP contribution in [-0.2, 0) is 14.2 Å². The summed E-state index contributed by atoms with van der Waals surface area (Å²) in [6.45, 7) is 9.41. The standard InChI is InChI=1S/C24H35BrN4O4/c1-24(2,3)33-23(30)26-9-5-7-10-31-18-15-28(16-18)20-12-17(25)13-21-19(20)14-27-29(21)22-8-4-6-11-32-22/h12-14,18,22H,4-11,15-16H2,1-3H3,(H,26,30). The monoisotopic (exact) mass is 522 g/mol. The highest BCUT2D eigenvalue weighted by molar-refractivity contribution is 9.10. The number of benzene rings is 1. The normalized spacial score (nSPS) is 19.5. The Hall–Kier alpha value is -1.84. The van der Waals surface area contributed by atoms with Gasteiger partial charge in [-0.25, -0.2) is 9.48 Å². The molecule has 2 aliphatic heterocycles. The number of anilines is 1. The number of carbonyl (C=O) groups is 1. The molecule has 1 atom stereocenters. The first-order valence-electron chi connectivity index (χ1n) is 11.9. The third-order valence-electron chi connectivity index (χ3n) is 5.87. The van der Waals surface area contributed by atoms with Gasteiger partial charge in [-0.15, -0.1) is 0 Å². The lowest BCUT2D eigenvalue weighted by Gasteiger charge is -2.41. The highest BCUT2D eigenvalue weighted by atomic mass is 79.9. The maximum Gasteiger partial charge on any atom is 0.407 e. The Labute approximate surface area is 204 Å². The van der Waals surface area contributed by atoms with Gasteiger partial charge in [-0.2, -0.15) is 5.10 Å². The van der Waals surface area contributed by atoms with E-state index in [0.717, 1.165) is 60.8 Å². The van der Waals surface area contributed by atoms with Crippen molar-refractivity contribution < 1.29 is 19.0 Å². The number of rotatable bonds is 8. The van der Waals surface area contributed by atoms with Crippen molar-refractivity contribution in [2.24, 2.45) is 0 Å². The molecule has 8 nitrogen and oxygen atoms in total. The van der Waals surface area contributed by atoms with Crippen LogP contribution in [0.25, 0.3) is 10.9 Å². The lowest BCUT2D eigenvalue weighted by atomic mass is 10.1. The van der Waals surface area contributed by atoms with Gasteiger partial charge in [-0.05, 0) is 65.0 Å². The first-order valence-corrected chi connectivity index (χ1v) is 12.7. The Morgan fingerprint density at radius 2 is 2.09 bits per heavy atom. The molecule has 1 amide bonds. The zero-order valence-corrected chi connectivity index (χ0v) is 21.4. The maximum atomic E-state index is 11.6. The third-order valence-corrected chi connectivity index (χ3v) is 6.33. The van der Waals surface area contributed by atoms with Crippen LogP contribution in [-0.4, -0.2) is 60.4 Å². The van der Waals surface area contributed by atoms with Crippen molar-refractivity contribution >= 4 is 38.6 Å². The van der Waals surface area contributed by atoms with E-state index in [0.29, 0.717) is 13.2 Å². The quantitative estimate of drug-likeness (QED) is 0.491. The topological polar surface area (TPSA) is 77.9 Å². The molecular formula is C24H35BrN4O4. The largest absolute Gasteiger partial charge is 0.444 e. The highest BCUT2D eigenvalue weighted by Gasteiger charge is 2.30. The average Bonchev–Trinajstić information content (AvgIpc) is 3.14. The number of halogens is 1. The molecule has 33 heavy (non-hydrogen) atoms. The van der Waals surface area contributed by atoms with Gasteiger partial charge >= 0.3 is 6.09 Å². The molecule has 0 aliphatic carbocycles. The number of fused-ring (bicyclic) bond motifs is 1. The molecule has 9 heteroatoms.